The van der Waals surface area contributed by atoms with Crippen LogP contribution in [0.3, 0.4) is 0 Å². The van der Waals surface area contributed by atoms with Gasteiger partial charge in [0.2, 0.25) is 5.91 Å². The molecule has 6 heteroatoms. The zero-order valence-corrected chi connectivity index (χ0v) is 16.0. The second-order valence-electron chi connectivity index (χ2n) is 6.59. The predicted octanol–water partition coefficient (Wildman–Crippen LogP) is 4.65. The molecular formula is C22H22N4O2. The van der Waals surface area contributed by atoms with Crippen LogP contribution in [0.5, 0.6) is 0 Å². The molecule has 0 fully saturated rings. The van der Waals surface area contributed by atoms with E-state index < -0.39 is 0 Å². The summed E-state index contributed by atoms with van der Waals surface area (Å²) in [5.41, 5.74) is 5.42. The maximum Gasteiger partial charge on any atom is 0.274 e. The maximum absolute atomic E-state index is 12.6. The van der Waals surface area contributed by atoms with Gasteiger partial charge in [0.15, 0.2) is 0 Å². The van der Waals surface area contributed by atoms with Gasteiger partial charge < -0.3 is 16.0 Å². The fourth-order valence-corrected chi connectivity index (χ4v) is 2.82. The van der Waals surface area contributed by atoms with Crippen molar-refractivity contribution in [3.63, 3.8) is 0 Å². The number of carbonyl (C=O) groups excluding carboxylic acids is 2. The van der Waals surface area contributed by atoms with Gasteiger partial charge in [-0.3, -0.25) is 14.6 Å². The fraction of sp³-hybridized carbons (Fsp3) is 0.136. The van der Waals surface area contributed by atoms with E-state index in [4.69, 9.17) is 0 Å². The first kappa shape index (κ1) is 19.1. The topological polar surface area (TPSA) is 83.1 Å². The summed E-state index contributed by atoms with van der Waals surface area (Å²) in [4.78, 5) is 28.0. The number of nitrogens with one attached hydrogen (secondary N) is 3. The van der Waals surface area contributed by atoms with E-state index in [0.717, 1.165) is 28.2 Å². The number of rotatable bonds is 5. The van der Waals surface area contributed by atoms with Gasteiger partial charge in [0.1, 0.15) is 5.69 Å². The van der Waals surface area contributed by atoms with Crippen LogP contribution in [0.4, 0.5) is 22.7 Å². The Hall–Kier alpha value is -3.67. The van der Waals surface area contributed by atoms with Crippen LogP contribution in [-0.4, -0.2) is 16.8 Å². The molecule has 0 aliphatic carbocycles. The third kappa shape index (κ3) is 4.94. The van der Waals surface area contributed by atoms with Crippen molar-refractivity contribution in [1.29, 1.82) is 0 Å². The Morgan fingerprint density at radius 3 is 2.36 bits per heavy atom. The highest BCUT2D eigenvalue weighted by molar-refractivity contribution is 6.03. The summed E-state index contributed by atoms with van der Waals surface area (Å²) >= 11 is 0. The summed E-state index contributed by atoms with van der Waals surface area (Å²) in [7, 11) is 0. The molecule has 1 heterocycles. The largest absolute Gasteiger partial charge is 0.355 e. The number of nitrogens with zero attached hydrogens (tertiary/aromatic N) is 1. The Kier molecular flexibility index (Phi) is 5.69. The van der Waals surface area contributed by atoms with E-state index in [2.05, 4.69) is 20.9 Å². The van der Waals surface area contributed by atoms with E-state index in [1.165, 1.54) is 6.92 Å². The van der Waals surface area contributed by atoms with E-state index >= 15 is 0 Å². The zero-order chi connectivity index (χ0) is 20.1. The molecule has 0 aliphatic rings. The van der Waals surface area contributed by atoms with Crippen LogP contribution in [0.25, 0.3) is 0 Å². The molecular weight excluding hydrogens is 352 g/mol. The maximum atomic E-state index is 12.6. The van der Waals surface area contributed by atoms with Gasteiger partial charge in [-0.05, 0) is 55.8 Å². The molecule has 1 aromatic heterocycles. The van der Waals surface area contributed by atoms with Crippen molar-refractivity contribution in [2.45, 2.75) is 20.8 Å². The molecule has 3 N–H and O–H groups in total. The van der Waals surface area contributed by atoms with Crippen LogP contribution >= 0.6 is 0 Å². The second-order valence-corrected chi connectivity index (χ2v) is 6.59. The van der Waals surface area contributed by atoms with Crippen molar-refractivity contribution < 1.29 is 9.59 Å². The summed E-state index contributed by atoms with van der Waals surface area (Å²) in [6.45, 7) is 5.43. The molecule has 0 saturated heterocycles. The number of carbonyl (C=O) groups is 2. The third-order valence-corrected chi connectivity index (χ3v) is 4.09. The third-order valence-electron chi connectivity index (χ3n) is 4.09. The van der Waals surface area contributed by atoms with E-state index in [1.54, 1.807) is 18.3 Å². The molecule has 142 valence electrons. The summed E-state index contributed by atoms with van der Waals surface area (Å²) in [6, 6.07) is 16.7. The van der Waals surface area contributed by atoms with E-state index in [0.29, 0.717) is 11.4 Å². The van der Waals surface area contributed by atoms with Crippen molar-refractivity contribution in [3.05, 3.63) is 77.6 Å². The Labute approximate surface area is 164 Å². The average Bonchev–Trinajstić information content (AvgIpc) is 2.64. The number of benzene rings is 2. The Balaban J connectivity index is 1.75. The van der Waals surface area contributed by atoms with Crippen molar-refractivity contribution in [2.75, 3.05) is 16.0 Å². The number of hydrogen-bond donors (Lipinski definition) is 3. The fourth-order valence-electron chi connectivity index (χ4n) is 2.82. The van der Waals surface area contributed by atoms with Gasteiger partial charge in [0.25, 0.3) is 5.91 Å². The monoisotopic (exact) mass is 374 g/mol. The molecule has 0 atom stereocenters. The molecule has 0 aliphatic heterocycles. The van der Waals surface area contributed by atoms with Crippen molar-refractivity contribution >= 4 is 34.6 Å². The summed E-state index contributed by atoms with van der Waals surface area (Å²) in [5.74, 6) is -0.408. The summed E-state index contributed by atoms with van der Waals surface area (Å²) in [5, 5.41) is 8.86. The van der Waals surface area contributed by atoms with Crippen LogP contribution in [0.1, 0.15) is 28.5 Å². The van der Waals surface area contributed by atoms with Gasteiger partial charge in [-0.2, -0.15) is 0 Å². The Morgan fingerprint density at radius 2 is 1.61 bits per heavy atom. The lowest BCUT2D eigenvalue weighted by Crippen LogP contribution is -2.14. The molecule has 0 spiro atoms. The van der Waals surface area contributed by atoms with Crippen LogP contribution < -0.4 is 16.0 Å². The van der Waals surface area contributed by atoms with Crippen LogP contribution in [0.15, 0.2) is 60.8 Å². The van der Waals surface area contributed by atoms with Crippen molar-refractivity contribution in [2.24, 2.45) is 0 Å². The van der Waals surface area contributed by atoms with E-state index in [-0.39, 0.29) is 11.8 Å². The zero-order valence-electron chi connectivity index (χ0n) is 16.0. The van der Waals surface area contributed by atoms with Crippen LogP contribution in [-0.2, 0) is 4.79 Å². The first-order valence-corrected chi connectivity index (χ1v) is 8.90. The lowest BCUT2D eigenvalue weighted by molar-refractivity contribution is -0.114. The first-order valence-electron chi connectivity index (χ1n) is 8.90. The van der Waals surface area contributed by atoms with Crippen molar-refractivity contribution in [3.8, 4) is 0 Å². The summed E-state index contributed by atoms with van der Waals surface area (Å²) in [6.07, 6.45) is 1.58. The number of aromatic nitrogens is 1. The van der Waals surface area contributed by atoms with Gasteiger partial charge in [0.05, 0.1) is 0 Å². The van der Waals surface area contributed by atoms with Crippen LogP contribution in [0.2, 0.25) is 0 Å². The van der Waals surface area contributed by atoms with Gasteiger partial charge in [0, 0.05) is 35.9 Å². The highest BCUT2D eigenvalue weighted by Gasteiger charge is 2.10. The molecule has 0 radical (unpaired) electrons. The summed E-state index contributed by atoms with van der Waals surface area (Å²) < 4.78 is 0. The molecule has 2 aromatic carbocycles. The molecule has 28 heavy (non-hydrogen) atoms. The number of anilines is 4. The van der Waals surface area contributed by atoms with Gasteiger partial charge in [-0.1, -0.05) is 23.8 Å². The normalized spacial score (nSPS) is 10.2. The molecule has 6 nitrogen and oxygen atoms in total. The minimum absolute atomic E-state index is 0.133. The highest BCUT2D eigenvalue weighted by atomic mass is 16.2. The van der Waals surface area contributed by atoms with Crippen LogP contribution in [0, 0.1) is 13.8 Å². The van der Waals surface area contributed by atoms with Gasteiger partial charge in [-0.15, -0.1) is 0 Å². The second kappa shape index (κ2) is 8.35. The molecule has 0 unspecified atom stereocenters. The molecule has 3 rings (SSSR count). The minimum atomic E-state index is -0.275. The smallest absolute Gasteiger partial charge is 0.274 e. The van der Waals surface area contributed by atoms with Gasteiger partial charge >= 0.3 is 0 Å². The Bertz CT molecular complexity index is 1030. The van der Waals surface area contributed by atoms with Crippen molar-refractivity contribution in [1.82, 2.24) is 4.98 Å². The molecule has 0 bridgehead atoms. The SMILES string of the molecule is CC(=O)Nc1cccc(Nc2ccnc(C(=O)Nc3ccc(C)cc3C)c2)c1. The van der Waals surface area contributed by atoms with Gasteiger partial charge in [-0.25, -0.2) is 0 Å². The first-order chi connectivity index (χ1) is 13.4. The highest BCUT2D eigenvalue weighted by Crippen LogP contribution is 2.21. The molecule has 2 amide bonds. The van der Waals surface area contributed by atoms with E-state index in [9.17, 15) is 9.59 Å². The number of amides is 2. The number of aryl methyl sites for hydroxylation is 2. The lowest BCUT2D eigenvalue weighted by atomic mass is 10.1. The number of pyridine rings is 1. The predicted molar refractivity (Wildman–Crippen MR) is 112 cm³/mol. The quantitative estimate of drug-likeness (QED) is 0.607. The average molecular weight is 374 g/mol. The molecule has 3 aromatic rings. The lowest BCUT2D eigenvalue weighted by Gasteiger charge is -2.11. The number of hydrogen-bond acceptors (Lipinski definition) is 4. The minimum Gasteiger partial charge on any atom is -0.355 e. The molecule has 0 saturated carbocycles. The van der Waals surface area contributed by atoms with E-state index in [1.807, 2.05) is 56.3 Å². The Morgan fingerprint density at radius 1 is 0.857 bits per heavy atom. The standard InChI is InChI=1S/C22H22N4O2/c1-14-7-8-20(15(2)11-14)26-22(28)21-13-19(9-10-23-21)25-18-6-4-5-17(12-18)24-16(3)27/h4-13H,1-3H3,(H,23,25)(H,24,27)(H,26,28).